The van der Waals surface area contributed by atoms with Gasteiger partial charge in [-0.15, -0.1) is 0 Å². The highest BCUT2D eigenvalue weighted by Gasteiger charge is 2.19. The Morgan fingerprint density at radius 3 is 2.46 bits per heavy atom. The smallest absolute Gasteiger partial charge is 0.177 e. The number of nitrogens with one attached hydrogen (secondary N) is 2. The first-order valence-electron chi connectivity index (χ1n) is 8.57. The molecule has 0 saturated carbocycles. The van der Waals surface area contributed by atoms with Crippen molar-refractivity contribution in [1.82, 2.24) is 10.5 Å². The van der Waals surface area contributed by atoms with Gasteiger partial charge in [-0.25, -0.2) is 13.9 Å². The molecule has 0 saturated heterocycles. The van der Waals surface area contributed by atoms with Gasteiger partial charge in [-0.2, -0.15) is 0 Å². The number of aromatic nitrogens is 1. The third-order valence-corrected chi connectivity index (χ3v) is 5.68. The zero-order valence-electron chi connectivity index (χ0n) is 15.3. The van der Waals surface area contributed by atoms with Crippen LogP contribution >= 0.6 is 11.6 Å². The molecule has 0 aliphatic rings. The van der Waals surface area contributed by atoms with E-state index in [0.29, 0.717) is 5.39 Å². The lowest BCUT2D eigenvalue weighted by Crippen LogP contribution is -2.07. The number of halogens is 1. The van der Waals surface area contributed by atoms with Crippen molar-refractivity contribution in [2.45, 2.75) is 38.0 Å². The number of unbranched alkanes of at least 4 members (excludes halogenated alkanes) is 2. The highest BCUT2D eigenvalue weighted by molar-refractivity contribution is 7.91. The second kappa shape index (κ2) is 8.86. The Morgan fingerprint density at radius 1 is 1.15 bits per heavy atom. The molecule has 2 aromatic carbocycles. The molecule has 0 aliphatic carbocycles. The molecule has 3 N–H and O–H groups in total. The minimum absolute atomic E-state index is 0.198. The van der Waals surface area contributed by atoms with Crippen molar-refractivity contribution in [2.24, 2.45) is 0 Å². The van der Waals surface area contributed by atoms with Crippen molar-refractivity contribution in [3.8, 4) is 0 Å². The van der Waals surface area contributed by atoms with E-state index in [4.69, 9.17) is 16.8 Å². The normalized spacial score (nSPS) is 11.6. The largest absolute Gasteiger partial charge is 0.354 e. The van der Waals surface area contributed by atoms with Crippen LogP contribution in [0.5, 0.6) is 0 Å². The average molecular weight is 397 g/mol. The van der Waals surface area contributed by atoms with Crippen molar-refractivity contribution in [3.05, 3.63) is 40.9 Å². The van der Waals surface area contributed by atoms with Gasteiger partial charge in [0.2, 0.25) is 0 Å². The van der Waals surface area contributed by atoms with Crippen molar-refractivity contribution >= 4 is 43.2 Å². The Morgan fingerprint density at radius 2 is 1.85 bits per heavy atom. The number of sulfone groups is 1. The van der Waals surface area contributed by atoms with E-state index in [1.54, 1.807) is 6.07 Å². The number of rotatable bonds is 5. The Labute approximate surface area is 159 Å². The van der Waals surface area contributed by atoms with E-state index in [0.717, 1.165) is 34.9 Å². The first-order valence-corrected chi connectivity index (χ1v) is 10.8. The molecule has 0 amide bonds. The van der Waals surface area contributed by atoms with Gasteiger partial charge in [0.05, 0.1) is 9.92 Å². The van der Waals surface area contributed by atoms with Crippen LogP contribution in [0.2, 0.25) is 5.02 Å². The lowest BCUT2D eigenvalue weighted by atomic mass is 10.1. The summed E-state index contributed by atoms with van der Waals surface area (Å²) < 4.78 is 24.0. The van der Waals surface area contributed by atoms with E-state index < -0.39 is 9.84 Å². The number of aromatic amines is 1. The van der Waals surface area contributed by atoms with Crippen molar-refractivity contribution in [3.63, 3.8) is 0 Å². The SMILES string of the molecule is CCCCCNO.Cc1ccc2[nH]c3ccc(Cl)c(S(C)(=O)=O)c3c2c1. The molecule has 0 spiro atoms. The molecule has 0 aliphatic heterocycles. The molecule has 142 valence electrons. The average Bonchev–Trinajstić information content (AvgIpc) is 2.92. The quantitative estimate of drug-likeness (QED) is 0.425. The fourth-order valence-electron chi connectivity index (χ4n) is 2.86. The maximum atomic E-state index is 12.0. The molecule has 1 aromatic heterocycles. The molecule has 3 rings (SSSR count). The van der Waals surface area contributed by atoms with Gasteiger partial charge in [0, 0.05) is 34.6 Å². The van der Waals surface area contributed by atoms with Gasteiger partial charge in [0.15, 0.2) is 9.84 Å². The number of hydrogen-bond donors (Lipinski definition) is 3. The minimum Gasteiger partial charge on any atom is -0.354 e. The molecule has 3 aromatic rings. The van der Waals surface area contributed by atoms with Crippen LogP contribution in [0, 0.1) is 6.92 Å². The van der Waals surface area contributed by atoms with E-state index in [1.165, 1.54) is 19.1 Å². The molecule has 0 unspecified atom stereocenters. The molecule has 0 atom stereocenters. The monoisotopic (exact) mass is 396 g/mol. The summed E-state index contributed by atoms with van der Waals surface area (Å²) >= 11 is 6.09. The van der Waals surface area contributed by atoms with Gasteiger partial charge in [0.1, 0.15) is 0 Å². The second-order valence-electron chi connectivity index (χ2n) is 6.36. The third kappa shape index (κ3) is 4.76. The van der Waals surface area contributed by atoms with E-state index in [9.17, 15) is 8.42 Å². The number of hydroxylamine groups is 1. The Kier molecular flexibility index (Phi) is 7.06. The fraction of sp³-hybridized carbons (Fsp3) is 0.368. The van der Waals surface area contributed by atoms with Gasteiger partial charge < -0.3 is 10.2 Å². The summed E-state index contributed by atoms with van der Waals surface area (Å²) in [6.45, 7) is 4.84. The zero-order valence-corrected chi connectivity index (χ0v) is 16.8. The van der Waals surface area contributed by atoms with Gasteiger partial charge in [-0.3, -0.25) is 0 Å². The lowest BCUT2D eigenvalue weighted by Gasteiger charge is -2.04. The number of fused-ring (bicyclic) bond motifs is 3. The zero-order chi connectivity index (χ0) is 19.3. The summed E-state index contributed by atoms with van der Waals surface area (Å²) in [5.74, 6) is 0. The first kappa shape index (κ1) is 20.7. The summed E-state index contributed by atoms with van der Waals surface area (Å²) in [7, 11) is -3.39. The molecular formula is C19H25ClN2O3S. The first-order chi connectivity index (χ1) is 12.3. The van der Waals surface area contributed by atoms with E-state index in [1.807, 2.05) is 31.2 Å². The predicted octanol–water partition coefficient (Wildman–Crippen LogP) is 4.84. The van der Waals surface area contributed by atoms with Gasteiger partial charge in [0.25, 0.3) is 0 Å². The molecule has 7 heteroatoms. The van der Waals surface area contributed by atoms with Crippen LogP contribution in [-0.4, -0.2) is 31.4 Å². The highest BCUT2D eigenvalue weighted by atomic mass is 35.5. The standard InChI is InChI=1S/C14H12ClNO2S.C5H13NO/c1-8-3-5-11-9(7-8)13-12(16-11)6-4-10(15)14(13)19(2,17)18;1-2-3-4-5-6-7/h3-7,16H,1-2H3;6-7H,2-5H2,1H3. The maximum Gasteiger partial charge on any atom is 0.177 e. The van der Waals surface area contributed by atoms with Gasteiger partial charge in [-0.05, 0) is 37.6 Å². The van der Waals surface area contributed by atoms with Crippen LogP contribution in [0.1, 0.15) is 31.7 Å². The molecule has 1 heterocycles. The Hall–Kier alpha value is -1.60. The lowest BCUT2D eigenvalue weighted by molar-refractivity contribution is 0.165. The number of aryl methyl sites for hydroxylation is 1. The minimum atomic E-state index is -3.39. The van der Waals surface area contributed by atoms with Crippen LogP contribution in [0.4, 0.5) is 0 Å². The Bertz CT molecular complexity index is 993. The summed E-state index contributed by atoms with van der Waals surface area (Å²) in [5.41, 5.74) is 4.87. The molecule has 0 fully saturated rings. The molecule has 26 heavy (non-hydrogen) atoms. The second-order valence-corrected chi connectivity index (χ2v) is 8.72. The summed E-state index contributed by atoms with van der Waals surface area (Å²) in [6.07, 6.45) is 4.67. The summed E-state index contributed by atoms with van der Waals surface area (Å²) in [5, 5.41) is 9.87. The Balaban J connectivity index is 0.000000298. The molecular weight excluding hydrogens is 372 g/mol. The van der Waals surface area contributed by atoms with Crippen LogP contribution < -0.4 is 5.48 Å². The van der Waals surface area contributed by atoms with E-state index in [-0.39, 0.29) is 9.92 Å². The van der Waals surface area contributed by atoms with Gasteiger partial charge in [-0.1, -0.05) is 43.0 Å². The van der Waals surface area contributed by atoms with Crippen molar-refractivity contribution in [2.75, 3.05) is 12.8 Å². The van der Waals surface area contributed by atoms with E-state index >= 15 is 0 Å². The summed E-state index contributed by atoms with van der Waals surface area (Å²) in [4.78, 5) is 3.42. The van der Waals surface area contributed by atoms with Crippen molar-refractivity contribution < 1.29 is 13.6 Å². The van der Waals surface area contributed by atoms with Crippen molar-refractivity contribution in [1.29, 1.82) is 0 Å². The number of H-pyrrole nitrogens is 1. The van der Waals surface area contributed by atoms with Crippen LogP contribution in [0.25, 0.3) is 21.8 Å². The summed E-state index contributed by atoms with van der Waals surface area (Å²) in [6, 6.07) is 9.33. The topological polar surface area (TPSA) is 82.2 Å². The predicted molar refractivity (Wildman–Crippen MR) is 108 cm³/mol. The fourth-order valence-corrected chi connectivity index (χ4v) is 4.46. The number of benzene rings is 2. The maximum absolute atomic E-state index is 12.0. The highest BCUT2D eigenvalue weighted by Crippen LogP contribution is 2.35. The van der Waals surface area contributed by atoms with Crippen LogP contribution in [0.3, 0.4) is 0 Å². The molecule has 0 bridgehead atoms. The number of hydrogen-bond acceptors (Lipinski definition) is 4. The third-order valence-electron chi connectivity index (χ3n) is 4.09. The molecule has 5 nitrogen and oxygen atoms in total. The van der Waals surface area contributed by atoms with Gasteiger partial charge >= 0.3 is 0 Å². The molecule has 0 radical (unpaired) electrons. The van der Waals surface area contributed by atoms with Crippen LogP contribution in [0.15, 0.2) is 35.2 Å². The van der Waals surface area contributed by atoms with Crippen LogP contribution in [-0.2, 0) is 9.84 Å². The van der Waals surface area contributed by atoms with E-state index in [2.05, 4.69) is 17.4 Å².